The van der Waals surface area contributed by atoms with E-state index in [2.05, 4.69) is 20.8 Å². The van der Waals surface area contributed by atoms with E-state index in [0.29, 0.717) is 11.8 Å². The van der Waals surface area contributed by atoms with E-state index in [-0.39, 0.29) is 0 Å². The molecule has 0 aromatic carbocycles. The first-order chi connectivity index (χ1) is 7.34. The highest BCUT2D eigenvalue weighted by atomic mass is 16.5. The van der Waals surface area contributed by atoms with Crippen LogP contribution in [0, 0.1) is 12.8 Å². The van der Waals surface area contributed by atoms with Gasteiger partial charge in [0.05, 0.1) is 0 Å². The van der Waals surface area contributed by atoms with Crippen LogP contribution < -0.4 is 10.6 Å². The molecule has 2 N–H and O–H groups in total. The van der Waals surface area contributed by atoms with E-state index in [0.717, 1.165) is 25.6 Å². The molecule has 1 fully saturated rings. The van der Waals surface area contributed by atoms with E-state index in [1.807, 2.05) is 6.92 Å². The van der Waals surface area contributed by atoms with Gasteiger partial charge in [0.1, 0.15) is 0 Å². The minimum atomic E-state index is 0.543. The summed E-state index contributed by atoms with van der Waals surface area (Å²) in [6.07, 6.45) is 3.75. The molecular weight excluding hydrogens is 192 g/mol. The van der Waals surface area contributed by atoms with Crippen LogP contribution in [0.15, 0.2) is 4.52 Å². The van der Waals surface area contributed by atoms with E-state index in [4.69, 9.17) is 4.52 Å². The van der Waals surface area contributed by atoms with Gasteiger partial charge in [-0.1, -0.05) is 5.16 Å². The van der Waals surface area contributed by atoms with Crippen molar-refractivity contribution in [1.82, 2.24) is 15.5 Å². The number of hydrogen-bond donors (Lipinski definition) is 2. The molecule has 5 heteroatoms. The van der Waals surface area contributed by atoms with Gasteiger partial charge in [-0.15, -0.1) is 0 Å². The summed E-state index contributed by atoms with van der Waals surface area (Å²) in [7, 11) is 0. The fourth-order valence-electron chi connectivity index (χ4n) is 1.92. The predicted molar refractivity (Wildman–Crippen MR) is 57.7 cm³/mol. The third-order valence-electron chi connectivity index (χ3n) is 2.82. The van der Waals surface area contributed by atoms with Crippen LogP contribution in [0.2, 0.25) is 0 Å². The summed E-state index contributed by atoms with van der Waals surface area (Å²) in [5.74, 6) is 1.52. The second kappa shape index (κ2) is 5.11. The minimum absolute atomic E-state index is 0.543. The zero-order chi connectivity index (χ0) is 10.5. The van der Waals surface area contributed by atoms with Crippen LogP contribution in [0.25, 0.3) is 0 Å². The normalized spacial score (nSPS) is 17.9. The summed E-state index contributed by atoms with van der Waals surface area (Å²) < 4.78 is 4.97. The molecule has 0 unspecified atom stereocenters. The summed E-state index contributed by atoms with van der Waals surface area (Å²) >= 11 is 0. The molecule has 0 aliphatic carbocycles. The van der Waals surface area contributed by atoms with Crippen molar-refractivity contribution >= 4 is 6.01 Å². The summed E-state index contributed by atoms with van der Waals surface area (Å²) in [5, 5.41) is 10.2. The van der Waals surface area contributed by atoms with Gasteiger partial charge in [0, 0.05) is 6.54 Å². The van der Waals surface area contributed by atoms with Crippen molar-refractivity contribution in [2.75, 3.05) is 25.0 Å². The molecule has 1 aromatic heterocycles. The van der Waals surface area contributed by atoms with Crippen molar-refractivity contribution < 1.29 is 4.52 Å². The fraction of sp³-hybridized carbons (Fsp3) is 0.800. The lowest BCUT2D eigenvalue weighted by atomic mass is 9.95. The second-order valence-electron chi connectivity index (χ2n) is 4.06. The molecule has 0 atom stereocenters. The topological polar surface area (TPSA) is 63.0 Å². The number of aryl methyl sites for hydroxylation is 1. The third kappa shape index (κ3) is 3.20. The van der Waals surface area contributed by atoms with Crippen molar-refractivity contribution in [2.45, 2.75) is 26.2 Å². The van der Waals surface area contributed by atoms with Gasteiger partial charge in [0.2, 0.25) is 0 Å². The molecule has 0 bridgehead atoms. The summed E-state index contributed by atoms with van der Waals surface area (Å²) in [6.45, 7) is 5.06. The van der Waals surface area contributed by atoms with E-state index in [1.54, 1.807) is 0 Å². The zero-order valence-corrected chi connectivity index (χ0v) is 9.12. The number of anilines is 1. The lowest BCUT2D eigenvalue weighted by Gasteiger charge is -2.22. The van der Waals surface area contributed by atoms with Gasteiger partial charge >= 0.3 is 6.01 Å². The number of hydrogen-bond acceptors (Lipinski definition) is 5. The fourth-order valence-corrected chi connectivity index (χ4v) is 1.92. The Bertz CT molecular complexity index is 293. The largest absolute Gasteiger partial charge is 0.338 e. The molecule has 0 spiro atoms. The van der Waals surface area contributed by atoms with Crippen molar-refractivity contribution in [3.05, 3.63) is 5.82 Å². The molecule has 0 amide bonds. The van der Waals surface area contributed by atoms with Crippen LogP contribution in [-0.2, 0) is 0 Å². The van der Waals surface area contributed by atoms with Crippen LogP contribution in [0.5, 0.6) is 0 Å². The van der Waals surface area contributed by atoms with E-state index < -0.39 is 0 Å². The first kappa shape index (κ1) is 10.4. The SMILES string of the molecule is Cc1noc(NCCC2CCNCC2)n1. The van der Waals surface area contributed by atoms with E-state index >= 15 is 0 Å². The van der Waals surface area contributed by atoms with Gasteiger partial charge in [-0.25, -0.2) is 0 Å². The maximum Gasteiger partial charge on any atom is 0.321 e. The molecule has 2 heterocycles. The number of aromatic nitrogens is 2. The Hall–Kier alpha value is -1.10. The van der Waals surface area contributed by atoms with Crippen LogP contribution in [0.4, 0.5) is 6.01 Å². The van der Waals surface area contributed by atoms with Crippen LogP contribution >= 0.6 is 0 Å². The van der Waals surface area contributed by atoms with Crippen molar-refractivity contribution in [3.8, 4) is 0 Å². The molecule has 1 saturated heterocycles. The van der Waals surface area contributed by atoms with Gasteiger partial charge in [-0.3, -0.25) is 0 Å². The van der Waals surface area contributed by atoms with Gasteiger partial charge in [0.25, 0.3) is 0 Å². The second-order valence-corrected chi connectivity index (χ2v) is 4.06. The Labute approximate surface area is 89.6 Å². The molecule has 1 aliphatic rings. The third-order valence-corrected chi connectivity index (χ3v) is 2.82. The Morgan fingerprint density at radius 3 is 2.93 bits per heavy atom. The molecule has 2 rings (SSSR count). The maximum absolute atomic E-state index is 4.97. The van der Waals surface area contributed by atoms with Crippen LogP contribution in [0.3, 0.4) is 0 Å². The number of piperidine rings is 1. The molecule has 1 aromatic rings. The van der Waals surface area contributed by atoms with Crippen molar-refractivity contribution in [3.63, 3.8) is 0 Å². The Morgan fingerprint density at radius 1 is 1.47 bits per heavy atom. The summed E-state index contributed by atoms with van der Waals surface area (Å²) in [6, 6.07) is 0.543. The summed E-state index contributed by atoms with van der Waals surface area (Å²) in [4.78, 5) is 4.09. The van der Waals surface area contributed by atoms with Gasteiger partial charge in [-0.2, -0.15) is 4.98 Å². The lowest BCUT2D eigenvalue weighted by molar-refractivity contribution is 0.358. The monoisotopic (exact) mass is 210 g/mol. The lowest BCUT2D eigenvalue weighted by Crippen LogP contribution is -2.28. The maximum atomic E-state index is 4.97. The van der Waals surface area contributed by atoms with Gasteiger partial charge in [0.15, 0.2) is 5.82 Å². The Balaban J connectivity index is 1.65. The highest BCUT2D eigenvalue weighted by molar-refractivity contribution is 5.17. The zero-order valence-electron chi connectivity index (χ0n) is 9.12. The molecule has 0 radical (unpaired) electrons. The molecular formula is C10H18N4O. The molecule has 1 aliphatic heterocycles. The Kier molecular flexibility index (Phi) is 3.55. The quantitative estimate of drug-likeness (QED) is 0.781. The Morgan fingerprint density at radius 2 is 2.27 bits per heavy atom. The average molecular weight is 210 g/mol. The first-order valence-corrected chi connectivity index (χ1v) is 5.59. The standard InChI is InChI=1S/C10H18N4O/c1-8-13-10(15-14-8)12-7-4-9-2-5-11-6-3-9/h9,11H,2-7H2,1H3,(H,12,13,14). The molecule has 84 valence electrons. The van der Waals surface area contributed by atoms with E-state index in [1.165, 1.54) is 19.3 Å². The molecule has 15 heavy (non-hydrogen) atoms. The van der Waals surface area contributed by atoms with Crippen molar-refractivity contribution in [1.29, 1.82) is 0 Å². The van der Waals surface area contributed by atoms with Gasteiger partial charge in [-0.05, 0) is 45.2 Å². The highest BCUT2D eigenvalue weighted by Crippen LogP contribution is 2.15. The van der Waals surface area contributed by atoms with Crippen LogP contribution in [0.1, 0.15) is 25.1 Å². The number of rotatable bonds is 4. The smallest absolute Gasteiger partial charge is 0.321 e. The average Bonchev–Trinajstić information content (AvgIpc) is 2.66. The van der Waals surface area contributed by atoms with Gasteiger partial charge < -0.3 is 15.2 Å². The predicted octanol–water partition coefficient (Wildman–Crippen LogP) is 1.18. The minimum Gasteiger partial charge on any atom is -0.338 e. The first-order valence-electron chi connectivity index (χ1n) is 5.59. The molecule has 0 saturated carbocycles. The van der Waals surface area contributed by atoms with Crippen molar-refractivity contribution in [2.24, 2.45) is 5.92 Å². The number of nitrogens with zero attached hydrogens (tertiary/aromatic N) is 2. The summed E-state index contributed by atoms with van der Waals surface area (Å²) in [5.41, 5.74) is 0. The van der Waals surface area contributed by atoms with Crippen LogP contribution in [-0.4, -0.2) is 29.8 Å². The van der Waals surface area contributed by atoms with E-state index in [9.17, 15) is 0 Å². The highest BCUT2D eigenvalue weighted by Gasteiger charge is 2.12. The number of nitrogens with one attached hydrogen (secondary N) is 2. The molecule has 5 nitrogen and oxygen atoms in total.